The molecule has 1 aromatic heterocycles. The third-order valence-corrected chi connectivity index (χ3v) is 4.44. The molecule has 1 aromatic carbocycles. The molecule has 0 radical (unpaired) electrons. The summed E-state index contributed by atoms with van der Waals surface area (Å²) in [5.41, 5.74) is 2.04. The molecule has 150 valence electrons. The van der Waals surface area contributed by atoms with Crippen LogP contribution in [0.5, 0.6) is 5.75 Å². The number of nitrogens with zero attached hydrogens (tertiary/aromatic N) is 4. The summed E-state index contributed by atoms with van der Waals surface area (Å²) in [5, 5.41) is 14.9. The molecule has 0 spiro atoms. The Morgan fingerprint density at radius 2 is 1.93 bits per heavy atom. The van der Waals surface area contributed by atoms with E-state index >= 15 is 0 Å². The highest BCUT2D eigenvalue weighted by Gasteiger charge is 2.35. The predicted octanol–water partition coefficient (Wildman–Crippen LogP) is 3.34. The minimum Gasteiger partial charge on any atom is -0.494 e. The number of ether oxygens (including phenoxy) is 2. The van der Waals surface area contributed by atoms with Gasteiger partial charge in [-0.1, -0.05) is 31.1 Å². The van der Waals surface area contributed by atoms with E-state index < -0.39 is 6.04 Å². The molecule has 2 heterocycles. The van der Waals surface area contributed by atoms with Gasteiger partial charge in [0.2, 0.25) is 5.95 Å². The van der Waals surface area contributed by atoms with Gasteiger partial charge in [0, 0.05) is 5.70 Å². The molecular weight excluding hydrogens is 358 g/mol. The maximum Gasteiger partial charge on any atom is 0.338 e. The molecule has 1 unspecified atom stereocenters. The van der Waals surface area contributed by atoms with Crippen LogP contribution in [-0.4, -0.2) is 38.9 Å². The molecule has 1 N–H and O–H groups in total. The molecule has 28 heavy (non-hydrogen) atoms. The van der Waals surface area contributed by atoms with Gasteiger partial charge in [-0.05, 0) is 61.2 Å². The zero-order chi connectivity index (χ0) is 20.3. The first-order valence-electron chi connectivity index (χ1n) is 9.56. The number of hydrogen-bond acceptors (Lipinski definition) is 7. The number of fused-ring (bicyclic) bond motifs is 1. The Bertz CT molecular complexity index is 855. The fraction of sp³-hybridized carbons (Fsp3) is 0.500. The second-order valence-electron chi connectivity index (χ2n) is 7.57. The maximum atomic E-state index is 12.8. The quantitative estimate of drug-likeness (QED) is 0.731. The third-order valence-electron chi connectivity index (χ3n) is 4.44. The largest absolute Gasteiger partial charge is 0.494 e. The van der Waals surface area contributed by atoms with Gasteiger partial charge in [-0.15, -0.1) is 0 Å². The van der Waals surface area contributed by atoms with Gasteiger partial charge in [-0.3, -0.25) is 0 Å². The number of anilines is 1. The van der Waals surface area contributed by atoms with Gasteiger partial charge in [0.1, 0.15) is 11.8 Å². The predicted molar refractivity (Wildman–Crippen MR) is 105 cm³/mol. The van der Waals surface area contributed by atoms with Crippen LogP contribution in [0.3, 0.4) is 0 Å². The van der Waals surface area contributed by atoms with Gasteiger partial charge in [0.05, 0.1) is 18.3 Å². The van der Waals surface area contributed by atoms with E-state index in [1.165, 1.54) is 0 Å². The summed E-state index contributed by atoms with van der Waals surface area (Å²) in [5.74, 6) is 1.49. The summed E-state index contributed by atoms with van der Waals surface area (Å²) in [4.78, 5) is 12.8. The number of tetrazole rings is 1. The number of nitrogens with one attached hydrogen (secondary N) is 1. The van der Waals surface area contributed by atoms with Crippen molar-refractivity contribution >= 4 is 11.9 Å². The van der Waals surface area contributed by atoms with Crippen molar-refractivity contribution in [3.8, 4) is 5.75 Å². The summed E-state index contributed by atoms with van der Waals surface area (Å²) in [6, 6.07) is 7.21. The SMILES string of the molecule is CC1=C(C(=O)OC(C)C)C(c2ccc(OCCC(C)C)cc2)n2nnnc2N1. The van der Waals surface area contributed by atoms with E-state index in [4.69, 9.17) is 9.47 Å². The van der Waals surface area contributed by atoms with Crippen LogP contribution in [0.2, 0.25) is 0 Å². The minimum absolute atomic E-state index is 0.222. The average Bonchev–Trinajstić information content (AvgIpc) is 3.08. The average molecular weight is 385 g/mol. The van der Waals surface area contributed by atoms with E-state index in [1.54, 1.807) is 4.68 Å². The van der Waals surface area contributed by atoms with Crippen LogP contribution in [0, 0.1) is 5.92 Å². The van der Waals surface area contributed by atoms with Crippen molar-refractivity contribution in [2.24, 2.45) is 5.92 Å². The van der Waals surface area contributed by atoms with Crippen molar-refractivity contribution in [1.29, 1.82) is 0 Å². The van der Waals surface area contributed by atoms with Crippen LogP contribution in [0.4, 0.5) is 5.95 Å². The fourth-order valence-corrected chi connectivity index (χ4v) is 3.02. The Morgan fingerprint density at radius 3 is 2.57 bits per heavy atom. The summed E-state index contributed by atoms with van der Waals surface area (Å²) in [6.45, 7) is 10.5. The molecule has 3 rings (SSSR count). The molecule has 0 amide bonds. The standard InChI is InChI=1S/C20H27N5O3/c1-12(2)10-11-27-16-8-6-15(7-9-16)18-17(19(26)28-13(3)4)14(5)21-20-22-23-24-25(18)20/h6-9,12-13,18H,10-11H2,1-5H3,(H,21,22,24). The number of allylic oxidation sites excluding steroid dienone is 1. The molecule has 0 bridgehead atoms. The van der Waals surface area contributed by atoms with E-state index in [2.05, 4.69) is 34.7 Å². The Kier molecular flexibility index (Phi) is 5.96. The van der Waals surface area contributed by atoms with Crippen LogP contribution >= 0.6 is 0 Å². The van der Waals surface area contributed by atoms with Crippen LogP contribution in [-0.2, 0) is 9.53 Å². The molecule has 2 aromatic rings. The second-order valence-corrected chi connectivity index (χ2v) is 7.57. The van der Waals surface area contributed by atoms with Crippen molar-refractivity contribution in [1.82, 2.24) is 20.2 Å². The molecule has 0 saturated heterocycles. The number of aromatic nitrogens is 4. The lowest BCUT2D eigenvalue weighted by atomic mass is 9.95. The number of carbonyl (C=O) groups is 1. The highest BCUT2D eigenvalue weighted by atomic mass is 16.5. The lowest BCUT2D eigenvalue weighted by Gasteiger charge is -2.28. The number of carbonyl (C=O) groups excluding carboxylic acids is 1. The van der Waals surface area contributed by atoms with Crippen LogP contribution < -0.4 is 10.1 Å². The first-order chi connectivity index (χ1) is 13.4. The molecule has 8 heteroatoms. The van der Waals surface area contributed by atoms with Gasteiger partial charge < -0.3 is 14.8 Å². The van der Waals surface area contributed by atoms with Crippen molar-refractivity contribution in [2.75, 3.05) is 11.9 Å². The van der Waals surface area contributed by atoms with E-state index in [0.29, 0.717) is 29.7 Å². The normalized spacial score (nSPS) is 16.2. The zero-order valence-corrected chi connectivity index (χ0v) is 17.0. The highest BCUT2D eigenvalue weighted by Crippen LogP contribution is 2.35. The highest BCUT2D eigenvalue weighted by molar-refractivity contribution is 5.92. The molecule has 0 fully saturated rings. The zero-order valence-electron chi connectivity index (χ0n) is 17.0. The van der Waals surface area contributed by atoms with E-state index in [1.807, 2.05) is 45.0 Å². The van der Waals surface area contributed by atoms with Crippen LogP contribution in [0.25, 0.3) is 0 Å². The van der Waals surface area contributed by atoms with Crippen LogP contribution in [0.1, 0.15) is 52.6 Å². The minimum atomic E-state index is -0.470. The van der Waals surface area contributed by atoms with Crippen molar-refractivity contribution in [3.05, 3.63) is 41.1 Å². The lowest BCUT2D eigenvalue weighted by molar-refractivity contribution is -0.143. The number of benzene rings is 1. The van der Waals surface area contributed by atoms with Crippen LogP contribution in [0.15, 0.2) is 35.5 Å². The topological polar surface area (TPSA) is 91.2 Å². The maximum absolute atomic E-state index is 12.8. The smallest absolute Gasteiger partial charge is 0.338 e. The molecule has 1 atom stereocenters. The van der Waals surface area contributed by atoms with Gasteiger partial charge in [0.25, 0.3) is 0 Å². The van der Waals surface area contributed by atoms with Gasteiger partial charge >= 0.3 is 5.97 Å². The fourth-order valence-electron chi connectivity index (χ4n) is 3.02. The van der Waals surface area contributed by atoms with E-state index in [9.17, 15) is 4.79 Å². The van der Waals surface area contributed by atoms with Gasteiger partial charge in [0.15, 0.2) is 0 Å². The Hall–Kier alpha value is -2.90. The third kappa shape index (κ3) is 4.32. The summed E-state index contributed by atoms with van der Waals surface area (Å²) >= 11 is 0. The lowest BCUT2D eigenvalue weighted by Crippen LogP contribution is -2.30. The summed E-state index contributed by atoms with van der Waals surface area (Å²) in [6.07, 6.45) is 0.775. The number of hydrogen-bond donors (Lipinski definition) is 1. The van der Waals surface area contributed by atoms with E-state index in [-0.39, 0.29) is 12.1 Å². The summed E-state index contributed by atoms with van der Waals surface area (Å²) in [7, 11) is 0. The number of esters is 1. The van der Waals surface area contributed by atoms with Gasteiger partial charge in [-0.2, -0.15) is 4.68 Å². The van der Waals surface area contributed by atoms with Crippen molar-refractivity contribution in [3.63, 3.8) is 0 Å². The van der Waals surface area contributed by atoms with Crippen molar-refractivity contribution < 1.29 is 14.3 Å². The number of rotatable bonds is 7. The molecule has 8 nitrogen and oxygen atoms in total. The first-order valence-corrected chi connectivity index (χ1v) is 9.56. The Labute approximate surface area is 164 Å². The van der Waals surface area contributed by atoms with E-state index in [0.717, 1.165) is 17.7 Å². The molecule has 1 aliphatic heterocycles. The monoisotopic (exact) mass is 385 g/mol. The molecular formula is C20H27N5O3. The summed E-state index contributed by atoms with van der Waals surface area (Å²) < 4.78 is 12.9. The molecule has 0 saturated carbocycles. The first kappa shape index (κ1) is 19.9. The molecule has 1 aliphatic rings. The second kappa shape index (κ2) is 8.41. The van der Waals surface area contributed by atoms with Gasteiger partial charge in [-0.25, -0.2) is 4.79 Å². The molecule has 0 aliphatic carbocycles. The Balaban J connectivity index is 1.89. The van der Waals surface area contributed by atoms with Crippen molar-refractivity contribution in [2.45, 2.75) is 53.2 Å². The Morgan fingerprint density at radius 1 is 1.21 bits per heavy atom.